The highest BCUT2D eigenvalue weighted by atomic mass is 79.9. The molecular formula is C17H16BrNO. The van der Waals surface area contributed by atoms with Gasteiger partial charge in [-0.05, 0) is 54.3 Å². The van der Waals surface area contributed by atoms with Crippen molar-refractivity contribution in [2.75, 3.05) is 7.11 Å². The number of methoxy groups -OCH3 is 1. The van der Waals surface area contributed by atoms with Gasteiger partial charge in [-0.1, -0.05) is 28.1 Å². The molecule has 20 heavy (non-hydrogen) atoms. The van der Waals surface area contributed by atoms with Crippen molar-refractivity contribution < 1.29 is 4.74 Å². The van der Waals surface area contributed by atoms with Crippen LogP contribution in [-0.4, -0.2) is 12.1 Å². The summed E-state index contributed by atoms with van der Waals surface area (Å²) in [5, 5.41) is 1.30. The van der Waals surface area contributed by atoms with Crippen molar-refractivity contribution in [3.8, 4) is 5.75 Å². The Balaban J connectivity index is 1.77. The Kier molecular flexibility index (Phi) is 3.79. The van der Waals surface area contributed by atoms with Gasteiger partial charge in [0.1, 0.15) is 5.75 Å². The summed E-state index contributed by atoms with van der Waals surface area (Å²) in [4.78, 5) is 3.33. The summed E-state index contributed by atoms with van der Waals surface area (Å²) in [7, 11) is 1.69. The number of aryl methyl sites for hydroxylation is 2. The van der Waals surface area contributed by atoms with Gasteiger partial charge in [-0.2, -0.15) is 0 Å². The number of ether oxygens (including phenoxy) is 1. The zero-order valence-corrected chi connectivity index (χ0v) is 12.9. The number of benzene rings is 2. The maximum absolute atomic E-state index is 5.18. The number of hydrogen-bond donors (Lipinski definition) is 1. The number of nitrogens with one attached hydrogen (secondary N) is 1. The lowest BCUT2D eigenvalue weighted by Crippen LogP contribution is -1.91. The van der Waals surface area contributed by atoms with E-state index in [2.05, 4.69) is 57.4 Å². The quantitative estimate of drug-likeness (QED) is 0.735. The van der Waals surface area contributed by atoms with Crippen molar-refractivity contribution in [3.63, 3.8) is 0 Å². The van der Waals surface area contributed by atoms with E-state index in [1.807, 2.05) is 12.1 Å². The van der Waals surface area contributed by atoms with E-state index in [-0.39, 0.29) is 0 Å². The fourth-order valence-corrected chi connectivity index (χ4v) is 2.79. The molecule has 3 rings (SSSR count). The molecule has 0 unspecified atom stereocenters. The van der Waals surface area contributed by atoms with Crippen LogP contribution < -0.4 is 4.74 Å². The minimum atomic E-state index is 0.907. The predicted molar refractivity (Wildman–Crippen MR) is 86.4 cm³/mol. The first-order valence-electron chi connectivity index (χ1n) is 6.65. The SMILES string of the molecule is COc1ccc(CCc2c[nH]c3ccc(Br)cc23)cc1. The summed E-state index contributed by atoms with van der Waals surface area (Å²) in [5.41, 5.74) is 3.88. The minimum Gasteiger partial charge on any atom is -0.497 e. The van der Waals surface area contributed by atoms with Crippen LogP contribution in [0.3, 0.4) is 0 Å². The topological polar surface area (TPSA) is 25.0 Å². The van der Waals surface area contributed by atoms with E-state index in [1.165, 1.54) is 22.0 Å². The van der Waals surface area contributed by atoms with Crippen LogP contribution in [0.1, 0.15) is 11.1 Å². The summed E-state index contributed by atoms with van der Waals surface area (Å²) < 4.78 is 6.30. The van der Waals surface area contributed by atoms with Gasteiger partial charge in [0.25, 0.3) is 0 Å². The van der Waals surface area contributed by atoms with E-state index in [1.54, 1.807) is 7.11 Å². The molecule has 0 saturated carbocycles. The van der Waals surface area contributed by atoms with Gasteiger partial charge in [0.15, 0.2) is 0 Å². The highest BCUT2D eigenvalue weighted by Gasteiger charge is 2.04. The molecule has 0 aliphatic carbocycles. The van der Waals surface area contributed by atoms with Gasteiger partial charge in [-0.3, -0.25) is 0 Å². The van der Waals surface area contributed by atoms with Gasteiger partial charge in [0.2, 0.25) is 0 Å². The molecule has 0 aliphatic heterocycles. The second kappa shape index (κ2) is 5.71. The molecule has 0 aliphatic rings. The Bertz CT molecular complexity index is 715. The van der Waals surface area contributed by atoms with E-state index >= 15 is 0 Å². The van der Waals surface area contributed by atoms with E-state index in [4.69, 9.17) is 4.74 Å². The van der Waals surface area contributed by atoms with E-state index < -0.39 is 0 Å². The van der Waals surface area contributed by atoms with Gasteiger partial charge in [-0.15, -0.1) is 0 Å². The van der Waals surface area contributed by atoms with E-state index in [9.17, 15) is 0 Å². The molecule has 0 saturated heterocycles. The highest BCUT2D eigenvalue weighted by molar-refractivity contribution is 9.10. The Hall–Kier alpha value is -1.74. The molecule has 3 heteroatoms. The predicted octanol–water partition coefficient (Wildman–Crippen LogP) is 4.72. The molecular weight excluding hydrogens is 314 g/mol. The fraction of sp³-hybridized carbons (Fsp3) is 0.176. The first kappa shape index (κ1) is 13.3. The fourth-order valence-electron chi connectivity index (χ4n) is 2.43. The number of aromatic amines is 1. The Morgan fingerprint density at radius 1 is 1.05 bits per heavy atom. The number of halogens is 1. The molecule has 102 valence electrons. The minimum absolute atomic E-state index is 0.907. The van der Waals surface area contributed by atoms with E-state index in [0.717, 1.165) is 23.1 Å². The third-order valence-electron chi connectivity index (χ3n) is 3.57. The molecule has 3 aromatic rings. The molecule has 0 bridgehead atoms. The molecule has 0 amide bonds. The molecule has 0 atom stereocenters. The highest BCUT2D eigenvalue weighted by Crippen LogP contribution is 2.24. The van der Waals surface area contributed by atoms with E-state index in [0.29, 0.717) is 0 Å². The van der Waals surface area contributed by atoms with Gasteiger partial charge in [0.05, 0.1) is 7.11 Å². The summed E-state index contributed by atoms with van der Waals surface area (Å²) >= 11 is 3.54. The Morgan fingerprint density at radius 2 is 1.85 bits per heavy atom. The Morgan fingerprint density at radius 3 is 2.60 bits per heavy atom. The van der Waals surface area contributed by atoms with Crippen LogP contribution >= 0.6 is 15.9 Å². The van der Waals surface area contributed by atoms with Crippen molar-refractivity contribution in [1.82, 2.24) is 4.98 Å². The van der Waals surface area contributed by atoms with Gasteiger partial charge in [-0.25, -0.2) is 0 Å². The number of H-pyrrole nitrogens is 1. The normalized spacial score (nSPS) is 10.9. The lowest BCUT2D eigenvalue weighted by molar-refractivity contribution is 0.414. The Labute approximate surface area is 126 Å². The maximum Gasteiger partial charge on any atom is 0.118 e. The lowest BCUT2D eigenvalue weighted by Gasteiger charge is -2.03. The van der Waals surface area contributed by atoms with Crippen molar-refractivity contribution >= 4 is 26.8 Å². The zero-order valence-electron chi connectivity index (χ0n) is 11.3. The average Bonchev–Trinajstić information content (AvgIpc) is 2.88. The van der Waals surface area contributed by atoms with Crippen molar-refractivity contribution in [3.05, 3.63) is 64.3 Å². The molecule has 1 N–H and O–H groups in total. The van der Waals surface area contributed by atoms with Crippen LogP contribution in [0.2, 0.25) is 0 Å². The first-order valence-corrected chi connectivity index (χ1v) is 7.44. The molecule has 2 nitrogen and oxygen atoms in total. The van der Waals surface area contributed by atoms with Crippen LogP contribution in [-0.2, 0) is 12.8 Å². The summed E-state index contributed by atoms with van der Waals surface area (Å²) in [6.45, 7) is 0. The maximum atomic E-state index is 5.18. The summed E-state index contributed by atoms with van der Waals surface area (Å²) in [5.74, 6) is 0.907. The van der Waals surface area contributed by atoms with Crippen LogP contribution in [0.15, 0.2) is 53.1 Å². The van der Waals surface area contributed by atoms with Crippen molar-refractivity contribution in [1.29, 1.82) is 0 Å². The second-order valence-electron chi connectivity index (χ2n) is 4.85. The monoisotopic (exact) mass is 329 g/mol. The smallest absolute Gasteiger partial charge is 0.118 e. The molecule has 1 aromatic heterocycles. The lowest BCUT2D eigenvalue weighted by atomic mass is 10.0. The largest absolute Gasteiger partial charge is 0.497 e. The number of rotatable bonds is 4. The van der Waals surface area contributed by atoms with Gasteiger partial charge >= 0.3 is 0 Å². The number of aromatic nitrogens is 1. The standard InChI is InChI=1S/C17H16BrNO/c1-20-15-7-3-12(4-8-15)2-5-13-11-19-17-9-6-14(18)10-16(13)17/h3-4,6-11,19H,2,5H2,1H3. The third-order valence-corrected chi connectivity index (χ3v) is 4.06. The zero-order chi connectivity index (χ0) is 13.9. The molecule has 1 heterocycles. The van der Waals surface area contributed by atoms with Crippen LogP contribution in [0.25, 0.3) is 10.9 Å². The average molecular weight is 330 g/mol. The first-order chi connectivity index (χ1) is 9.76. The van der Waals surface area contributed by atoms with Crippen LogP contribution in [0.4, 0.5) is 0 Å². The number of fused-ring (bicyclic) bond motifs is 1. The summed E-state index contributed by atoms with van der Waals surface area (Å²) in [6, 6.07) is 14.6. The second-order valence-corrected chi connectivity index (χ2v) is 5.77. The molecule has 2 aromatic carbocycles. The number of hydrogen-bond acceptors (Lipinski definition) is 1. The van der Waals surface area contributed by atoms with Crippen LogP contribution in [0, 0.1) is 0 Å². The molecule has 0 radical (unpaired) electrons. The van der Waals surface area contributed by atoms with Crippen molar-refractivity contribution in [2.45, 2.75) is 12.8 Å². The van der Waals surface area contributed by atoms with Gasteiger partial charge in [0, 0.05) is 21.6 Å². The molecule has 0 fully saturated rings. The van der Waals surface area contributed by atoms with Crippen LogP contribution in [0.5, 0.6) is 5.75 Å². The third kappa shape index (κ3) is 2.73. The summed E-state index contributed by atoms with van der Waals surface area (Å²) in [6.07, 6.45) is 4.17. The van der Waals surface area contributed by atoms with Crippen molar-refractivity contribution in [2.24, 2.45) is 0 Å². The van der Waals surface area contributed by atoms with Gasteiger partial charge < -0.3 is 9.72 Å². The molecule has 0 spiro atoms.